The fourth-order valence-electron chi connectivity index (χ4n) is 3.64. The van der Waals surface area contributed by atoms with Gasteiger partial charge in [0.15, 0.2) is 6.23 Å². The van der Waals surface area contributed by atoms with Crippen LogP contribution >= 0.6 is 0 Å². The van der Waals surface area contributed by atoms with E-state index in [2.05, 4.69) is 15.6 Å². The third-order valence-electron chi connectivity index (χ3n) is 5.48. The molecule has 39 heavy (non-hydrogen) atoms. The Hall–Kier alpha value is -3.85. The van der Waals surface area contributed by atoms with Crippen molar-refractivity contribution >= 4 is 23.8 Å². The summed E-state index contributed by atoms with van der Waals surface area (Å²) in [6.45, 7) is 4.24. The summed E-state index contributed by atoms with van der Waals surface area (Å²) in [5.74, 6) is -1.83. The number of nitrogens with one attached hydrogen (secondary N) is 2. The average Bonchev–Trinajstić information content (AvgIpc) is 3.15. The molecule has 1 aromatic heterocycles. The molecule has 1 saturated heterocycles. The van der Waals surface area contributed by atoms with Gasteiger partial charge in [-0.25, -0.2) is 14.4 Å². The zero-order chi connectivity index (χ0) is 28.7. The Labute approximate surface area is 223 Å². The molecule has 0 bridgehead atoms. The molecular formula is C25H32N4O10. The molecule has 2 unspecified atom stereocenters. The van der Waals surface area contributed by atoms with Crippen molar-refractivity contribution in [2.45, 2.75) is 70.0 Å². The summed E-state index contributed by atoms with van der Waals surface area (Å²) in [5.41, 5.74) is -1.08. The van der Waals surface area contributed by atoms with Crippen LogP contribution in [0.1, 0.15) is 39.0 Å². The second-order valence-corrected chi connectivity index (χ2v) is 9.78. The average molecular weight is 549 g/mol. The maximum Gasteiger partial charge on any atom is 0.408 e. The molecule has 2 heterocycles. The molecule has 0 radical (unpaired) electrons. The van der Waals surface area contributed by atoms with Crippen LogP contribution in [0.4, 0.5) is 10.6 Å². The van der Waals surface area contributed by atoms with E-state index in [1.54, 1.807) is 51.1 Å². The van der Waals surface area contributed by atoms with Gasteiger partial charge >= 0.3 is 17.8 Å². The number of ether oxygens (including phenoxy) is 3. The lowest BCUT2D eigenvalue weighted by Gasteiger charge is -2.22. The maximum atomic E-state index is 12.7. The van der Waals surface area contributed by atoms with E-state index in [1.165, 1.54) is 12.3 Å². The van der Waals surface area contributed by atoms with Crippen molar-refractivity contribution in [3.05, 3.63) is 58.6 Å². The summed E-state index contributed by atoms with van der Waals surface area (Å²) in [6.07, 6.45) is -5.62. The van der Waals surface area contributed by atoms with E-state index >= 15 is 0 Å². The Bertz CT molecular complexity index is 1210. The van der Waals surface area contributed by atoms with Crippen LogP contribution in [0, 0.1) is 0 Å². The van der Waals surface area contributed by atoms with E-state index < -0.39 is 72.9 Å². The highest BCUT2D eigenvalue weighted by Gasteiger charge is 2.43. The third kappa shape index (κ3) is 8.32. The first-order valence-corrected chi connectivity index (χ1v) is 12.1. The van der Waals surface area contributed by atoms with E-state index in [1.807, 2.05) is 0 Å². The standard InChI is InChI=1S/C25H32N4O10/c1-25(2,3)39-24(36)26-15(22(34)37-13-14-7-5-4-6-8-14)11-18(31)27-17-9-10-29(23(35)28-17)21-20(33)19(32)16(12-30)38-21/h4-10,15-16,19-21,30,32-33H,11-13H2,1-3H3,(H,26,36)(H,27,28,31,35)/t15-,16+,19?,20?,21+/m0/s1. The van der Waals surface area contributed by atoms with Crippen LogP contribution < -0.4 is 16.3 Å². The predicted molar refractivity (Wildman–Crippen MR) is 134 cm³/mol. The van der Waals surface area contributed by atoms with Crippen LogP contribution in [0.2, 0.25) is 0 Å². The zero-order valence-corrected chi connectivity index (χ0v) is 21.6. The summed E-state index contributed by atoms with van der Waals surface area (Å²) in [4.78, 5) is 54.0. The first-order chi connectivity index (χ1) is 18.4. The SMILES string of the molecule is CC(C)(C)OC(=O)N[C@@H](CC(=O)Nc1ccn([C@@H]2O[C@H](CO)C(O)C2O)c(=O)n1)C(=O)OCc1ccccc1. The van der Waals surface area contributed by atoms with Crippen LogP contribution in [0.3, 0.4) is 0 Å². The number of hydrogen-bond acceptors (Lipinski definition) is 11. The minimum absolute atomic E-state index is 0.0888. The number of rotatable bonds is 9. The smallest absolute Gasteiger partial charge is 0.408 e. The summed E-state index contributed by atoms with van der Waals surface area (Å²) in [5, 5.41) is 34.0. The van der Waals surface area contributed by atoms with Gasteiger partial charge < -0.3 is 40.2 Å². The lowest BCUT2D eigenvalue weighted by atomic mass is 10.1. The lowest BCUT2D eigenvalue weighted by molar-refractivity contribution is -0.148. The van der Waals surface area contributed by atoms with Crippen molar-refractivity contribution in [3.8, 4) is 0 Å². The molecular weight excluding hydrogens is 516 g/mol. The Morgan fingerprint density at radius 1 is 1.13 bits per heavy atom. The number of hydrogen-bond donors (Lipinski definition) is 5. The van der Waals surface area contributed by atoms with Crippen molar-refractivity contribution < 1.29 is 43.9 Å². The third-order valence-corrected chi connectivity index (χ3v) is 5.48. The Balaban J connectivity index is 1.68. The highest BCUT2D eigenvalue weighted by Crippen LogP contribution is 2.28. The molecule has 0 saturated carbocycles. The number of carbonyl (C=O) groups excluding carboxylic acids is 3. The predicted octanol–water partition coefficient (Wildman–Crippen LogP) is -0.180. The van der Waals surface area contributed by atoms with Crippen molar-refractivity contribution in [2.75, 3.05) is 11.9 Å². The number of aliphatic hydroxyl groups is 3. The largest absolute Gasteiger partial charge is 0.459 e. The van der Waals surface area contributed by atoms with Gasteiger partial charge in [-0.2, -0.15) is 4.98 Å². The second kappa shape index (κ2) is 12.8. The minimum Gasteiger partial charge on any atom is -0.459 e. The lowest BCUT2D eigenvalue weighted by Crippen LogP contribution is -2.46. The highest BCUT2D eigenvalue weighted by molar-refractivity contribution is 5.94. The van der Waals surface area contributed by atoms with Gasteiger partial charge in [0.1, 0.15) is 42.4 Å². The zero-order valence-electron chi connectivity index (χ0n) is 21.6. The highest BCUT2D eigenvalue weighted by atomic mass is 16.6. The van der Waals surface area contributed by atoms with E-state index in [0.29, 0.717) is 5.56 Å². The Kier molecular flexibility index (Phi) is 9.75. The summed E-state index contributed by atoms with van der Waals surface area (Å²) >= 11 is 0. The van der Waals surface area contributed by atoms with E-state index in [-0.39, 0.29) is 12.4 Å². The molecule has 1 fully saturated rings. The van der Waals surface area contributed by atoms with Gasteiger partial charge in [0.05, 0.1) is 13.0 Å². The molecule has 2 amide bonds. The fraction of sp³-hybridized carbons (Fsp3) is 0.480. The Morgan fingerprint density at radius 3 is 2.41 bits per heavy atom. The van der Waals surface area contributed by atoms with Gasteiger partial charge in [-0.1, -0.05) is 30.3 Å². The Morgan fingerprint density at radius 2 is 1.82 bits per heavy atom. The van der Waals surface area contributed by atoms with E-state index in [9.17, 15) is 34.5 Å². The van der Waals surface area contributed by atoms with Crippen molar-refractivity contribution in [1.82, 2.24) is 14.9 Å². The minimum atomic E-state index is -1.50. The van der Waals surface area contributed by atoms with Crippen LogP contribution in [-0.2, 0) is 30.4 Å². The van der Waals surface area contributed by atoms with Crippen molar-refractivity contribution in [1.29, 1.82) is 0 Å². The first-order valence-electron chi connectivity index (χ1n) is 12.1. The number of carbonyl (C=O) groups is 3. The molecule has 14 heteroatoms. The molecule has 2 aromatic rings. The normalized spacial score (nSPS) is 21.6. The number of aromatic nitrogens is 2. The number of alkyl carbamates (subject to hydrolysis) is 1. The molecule has 1 aliphatic heterocycles. The van der Waals surface area contributed by atoms with Gasteiger partial charge in [-0.05, 0) is 32.4 Å². The van der Waals surface area contributed by atoms with Crippen LogP contribution in [0.5, 0.6) is 0 Å². The van der Waals surface area contributed by atoms with Crippen LogP contribution in [0.25, 0.3) is 0 Å². The monoisotopic (exact) mass is 548 g/mol. The van der Waals surface area contributed by atoms with E-state index in [4.69, 9.17) is 14.2 Å². The summed E-state index contributed by atoms with van der Waals surface area (Å²) in [6, 6.07) is 8.63. The summed E-state index contributed by atoms with van der Waals surface area (Å²) in [7, 11) is 0. The second-order valence-electron chi connectivity index (χ2n) is 9.78. The molecule has 5 N–H and O–H groups in total. The topological polar surface area (TPSA) is 199 Å². The van der Waals surface area contributed by atoms with Crippen molar-refractivity contribution in [3.63, 3.8) is 0 Å². The first kappa shape index (κ1) is 29.7. The quantitative estimate of drug-likeness (QED) is 0.261. The van der Waals surface area contributed by atoms with Gasteiger partial charge in [0, 0.05) is 6.20 Å². The van der Waals surface area contributed by atoms with Crippen LogP contribution in [0.15, 0.2) is 47.4 Å². The molecule has 1 aromatic carbocycles. The number of aliphatic hydroxyl groups excluding tert-OH is 3. The van der Waals surface area contributed by atoms with Crippen LogP contribution in [-0.4, -0.2) is 79.4 Å². The maximum absolute atomic E-state index is 12.7. The van der Waals surface area contributed by atoms with E-state index in [0.717, 1.165) is 4.57 Å². The number of anilines is 1. The molecule has 14 nitrogen and oxygen atoms in total. The molecule has 212 valence electrons. The number of benzene rings is 1. The molecule has 0 spiro atoms. The number of nitrogens with zero attached hydrogens (tertiary/aromatic N) is 2. The molecule has 5 atom stereocenters. The fourth-order valence-corrected chi connectivity index (χ4v) is 3.64. The van der Waals surface area contributed by atoms with Gasteiger partial charge in [0.25, 0.3) is 0 Å². The van der Waals surface area contributed by atoms with Gasteiger partial charge in [-0.3, -0.25) is 9.36 Å². The van der Waals surface area contributed by atoms with Gasteiger partial charge in [0.2, 0.25) is 5.91 Å². The molecule has 0 aliphatic carbocycles. The summed E-state index contributed by atoms with van der Waals surface area (Å²) < 4.78 is 16.7. The van der Waals surface area contributed by atoms with Crippen molar-refractivity contribution in [2.24, 2.45) is 0 Å². The number of esters is 1. The molecule has 3 rings (SSSR count). The van der Waals surface area contributed by atoms with Gasteiger partial charge in [-0.15, -0.1) is 0 Å². The molecule has 1 aliphatic rings. The number of amides is 2.